The summed E-state index contributed by atoms with van der Waals surface area (Å²) in [5, 5.41) is 10.7. The molecule has 2 aromatic heterocycles. The van der Waals surface area contributed by atoms with Gasteiger partial charge in [0.1, 0.15) is 17.7 Å². The van der Waals surface area contributed by atoms with Gasteiger partial charge in [-0.05, 0) is 19.8 Å². The van der Waals surface area contributed by atoms with Gasteiger partial charge in [0.2, 0.25) is 0 Å². The third-order valence-corrected chi connectivity index (χ3v) is 4.14. The molecule has 0 amide bonds. The summed E-state index contributed by atoms with van der Waals surface area (Å²) < 4.78 is 4.95. The van der Waals surface area contributed by atoms with Crippen LogP contribution in [-0.4, -0.2) is 52.3 Å². The number of hydrogen-bond acceptors (Lipinski definition) is 9. The Morgan fingerprint density at radius 2 is 2.04 bits per heavy atom. The van der Waals surface area contributed by atoms with Gasteiger partial charge in [-0.2, -0.15) is 0 Å². The van der Waals surface area contributed by atoms with Crippen molar-refractivity contribution in [2.75, 3.05) is 30.4 Å². The largest absolute Gasteiger partial charge is 0.466 e. The summed E-state index contributed by atoms with van der Waals surface area (Å²) in [6.07, 6.45) is 11.7. The standard InChI is InChI=1S/C19H27N7O2/c1-3-28-17(27)8-6-4-5-7-11-26(16-13-22-9-10-23-16)19-18(21-2)15(12-20)24-14-25-19/h9-10,12-14,20-21H,3-8,11H2,1-2H3. The first-order valence-electron chi connectivity index (χ1n) is 9.43. The van der Waals surface area contributed by atoms with Crippen LogP contribution in [-0.2, 0) is 9.53 Å². The predicted octanol–water partition coefficient (Wildman–Crippen LogP) is 2.96. The molecule has 0 unspecified atom stereocenters. The molecule has 0 saturated carbocycles. The average Bonchev–Trinajstić information content (AvgIpc) is 2.73. The molecule has 0 aliphatic rings. The molecule has 0 atom stereocenters. The van der Waals surface area contributed by atoms with Crippen LogP contribution in [0.15, 0.2) is 24.9 Å². The van der Waals surface area contributed by atoms with Crippen molar-refractivity contribution in [2.45, 2.75) is 39.0 Å². The molecule has 2 N–H and O–H groups in total. The number of nitrogens with one attached hydrogen (secondary N) is 2. The zero-order chi connectivity index (χ0) is 20.2. The van der Waals surface area contributed by atoms with Gasteiger partial charge in [-0.15, -0.1) is 0 Å². The first-order chi connectivity index (χ1) is 13.7. The van der Waals surface area contributed by atoms with E-state index in [4.69, 9.17) is 10.1 Å². The molecule has 0 radical (unpaired) electrons. The monoisotopic (exact) mass is 385 g/mol. The molecular formula is C19H27N7O2. The van der Waals surface area contributed by atoms with E-state index in [1.165, 1.54) is 12.5 Å². The number of carbonyl (C=O) groups excluding carboxylic acids is 1. The number of carbonyl (C=O) groups is 1. The van der Waals surface area contributed by atoms with Crippen molar-refractivity contribution in [1.82, 2.24) is 19.9 Å². The van der Waals surface area contributed by atoms with E-state index in [2.05, 4.69) is 25.3 Å². The maximum Gasteiger partial charge on any atom is 0.305 e. The SMILES string of the molecule is CCOC(=O)CCCCCCN(c1cnccn1)c1ncnc(C=N)c1NC. The molecule has 0 aliphatic carbocycles. The Bertz CT molecular complexity index is 755. The normalized spacial score (nSPS) is 10.4. The second kappa shape index (κ2) is 11.6. The molecule has 2 aromatic rings. The van der Waals surface area contributed by atoms with Crippen LogP contribution >= 0.6 is 0 Å². The number of esters is 1. The van der Waals surface area contributed by atoms with Gasteiger partial charge in [-0.1, -0.05) is 12.8 Å². The van der Waals surface area contributed by atoms with E-state index < -0.39 is 0 Å². The summed E-state index contributed by atoms with van der Waals surface area (Å²) in [5.74, 6) is 1.20. The lowest BCUT2D eigenvalue weighted by Gasteiger charge is -2.25. The van der Waals surface area contributed by atoms with Crippen molar-refractivity contribution in [3.8, 4) is 0 Å². The highest BCUT2D eigenvalue weighted by atomic mass is 16.5. The molecule has 0 aromatic carbocycles. The van der Waals surface area contributed by atoms with Crippen LogP contribution in [0.4, 0.5) is 17.3 Å². The Hall–Kier alpha value is -3.10. The fourth-order valence-corrected chi connectivity index (χ4v) is 2.83. The topological polar surface area (TPSA) is 117 Å². The third kappa shape index (κ3) is 5.97. The number of rotatable bonds is 12. The second-order valence-corrected chi connectivity index (χ2v) is 6.04. The highest BCUT2D eigenvalue weighted by molar-refractivity contribution is 5.88. The fraction of sp³-hybridized carbons (Fsp3) is 0.474. The minimum Gasteiger partial charge on any atom is -0.466 e. The van der Waals surface area contributed by atoms with Crippen LogP contribution in [0, 0.1) is 5.41 Å². The van der Waals surface area contributed by atoms with Crippen molar-refractivity contribution < 1.29 is 9.53 Å². The molecule has 2 heterocycles. The van der Waals surface area contributed by atoms with E-state index in [0.29, 0.717) is 42.6 Å². The Balaban J connectivity index is 2.04. The van der Waals surface area contributed by atoms with Crippen LogP contribution < -0.4 is 10.2 Å². The van der Waals surface area contributed by atoms with Gasteiger partial charge >= 0.3 is 5.97 Å². The average molecular weight is 385 g/mol. The zero-order valence-electron chi connectivity index (χ0n) is 16.4. The molecule has 2 rings (SSSR count). The minimum atomic E-state index is -0.137. The van der Waals surface area contributed by atoms with Gasteiger partial charge in [-0.3, -0.25) is 9.78 Å². The summed E-state index contributed by atoms with van der Waals surface area (Å²) >= 11 is 0. The van der Waals surface area contributed by atoms with Gasteiger partial charge in [0.25, 0.3) is 0 Å². The summed E-state index contributed by atoms with van der Waals surface area (Å²) in [5.41, 5.74) is 1.18. The summed E-state index contributed by atoms with van der Waals surface area (Å²) in [7, 11) is 1.78. The molecular weight excluding hydrogens is 358 g/mol. The zero-order valence-corrected chi connectivity index (χ0v) is 16.4. The highest BCUT2D eigenvalue weighted by Crippen LogP contribution is 2.29. The van der Waals surface area contributed by atoms with E-state index in [0.717, 1.165) is 25.7 Å². The smallest absolute Gasteiger partial charge is 0.305 e. The lowest BCUT2D eigenvalue weighted by atomic mass is 10.1. The molecule has 150 valence electrons. The highest BCUT2D eigenvalue weighted by Gasteiger charge is 2.18. The van der Waals surface area contributed by atoms with Crippen LogP contribution in [0.5, 0.6) is 0 Å². The van der Waals surface area contributed by atoms with E-state index in [1.807, 2.05) is 11.8 Å². The Kier molecular flexibility index (Phi) is 8.77. The quantitative estimate of drug-likeness (QED) is 0.325. The van der Waals surface area contributed by atoms with E-state index >= 15 is 0 Å². The van der Waals surface area contributed by atoms with Crippen molar-refractivity contribution >= 4 is 29.5 Å². The second-order valence-electron chi connectivity index (χ2n) is 6.04. The van der Waals surface area contributed by atoms with Gasteiger partial charge in [-0.25, -0.2) is 15.0 Å². The lowest BCUT2D eigenvalue weighted by Crippen LogP contribution is -2.23. The Morgan fingerprint density at radius 1 is 1.21 bits per heavy atom. The molecule has 9 heteroatoms. The first-order valence-corrected chi connectivity index (χ1v) is 9.43. The van der Waals surface area contributed by atoms with Crippen LogP contribution in [0.2, 0.25) is 0 Å². The molecule has 9 nitrogen and oxygen atoms in total. The maximum absolute atomic E-state index is 11.4. The van der Waals surface area contributed by atoms with Gasteiger partial charge < -0.3 is 20.4 Å². The van der Waals surface area contributed by atoms with Crippen molar-refractivity contribution in [3.05, 3.63) is 30.6 Å². The van der Waals surface area contributed by atoms with Gasteiger partial charge in [0.05, 0.1) is 12.8 Å². The van der Waals surface area contributed by atoms with Crippen molar-refractivity contribution in [2.24, 2.45) is 0 Å². The fourth-order valence-electron chi connectivity index (χ4n) is 2.83. The molecule has 0 fully saturated rings. The number of ether oxygens (including phenoxy) is 1. The number of unbranched alkanes of at least 4 members (excludes halogenated alkanes) is 3. The van der Waals surface area contributed by atoms with Crippen molar-refractivity contribution in [3.63, 3.8) is 0 Å². The van der Waals surface area contributed by atoms with Gasteiger partial charge in [0.15, 0.2) is 11.6 Å². The lowest BCUT2D eigenvalue weighted by molar-refractivity contribution is -0.143. The molecule has 28 heavy (non-hydrogen) atoms. The predicted molar refractivity (Wildman–Crippen MR) is 108 cm³/mol. The number of nitrogens with zero attached hydrogens (tertiary/aromatic N) is 5. The number of aromatic nitrogens is 4. The van der Waals surface area contributed by atoms with Crippen LogP contribution in [0.25, 0.3) is 0 Å². The maximum atomic E-state index is 11.4. The molecule has 0 spiro atoms. The van der Waals surface area contributed by atoms with E-state index in [1.54, 1.807) is 25.6 Å². The minimum absolute atomic E-state index is 0.137. The van der Waals surface area contributed by atoms with Gasteiger partial charge in [0, 0.05) is 38.6 Å². The summed E-state index contributed by atoms with van der Waals surface area (Å²) in [6.45, 7) is 2.92. The summed E-state index contributed by atoms with van der Waals surface area (Å²) in [6, 6.07) is 0. The molecule has 0 bridgehead atoms. The first kappa shape index (κ1) is 21.2. The Morgan fingerprint density at radius 3 is 2.71 bits per heavy atom. The Labute approximate surface area is 165 Å². The van der Waals surface area contributed by atoms with Crippen LogP contribution in [0.3, 0.4) is 0 Å². The number of hydrogen-bond donors (Lipinski definition) is 2. The third-order valence-electron chi connectivity index (χ3n) is 4.14. The molecule has 0 aliphatic heterocycles. The summed E-state index contributed by atoms with van der Waals surface area (Å²) in [4.78, 5) is 30.5. The van der Waals surface area contributed by atoms with Crippen molar-refractivity contribution in [1.29, 1.82) is 5.41 Å². The number of anilines is 3. The molecule has 0 saturated heterocycles. The van der Waals surface area contributed by atoms with E-state index in [9.17, 15) is 4.79 Å². The van der Waals surface area contributed by atoms with Crippen LogP contribution in [0.1, 0.15) is 44.7 Å². The van der Waals surface area contributed by atoms with E-state index in [-0.39, 0.29) is 5.97 Å².